The summed E-state index contributed by atoms with van der Waals surface area (Å²) in [5.74, 6) is -0.254. The van der Waals surface area contributed by atoms with Crippen LogP contribution in [0.5, 0.6) is 11.5 Å². The summed E-state index contributed by atoms with van der Waals surface area (Å²) in [4.78, 5) is 39.4. The van der Waals surface area contributed by atoms with Gasteiger partial charge in [-0.25, -0.2) is 5.43 Å². The first kappa shape index (κ1) is 28.9. The number of morpholine rings is 1. The molecule has 10 nitrogen and oxygen atoms in total. The first-order chi connectivity index (χ1) is 18.3. The van der Waals surface area contributed by atoms with Gasteiger partial charge in [0, 0.05) is 23.7 Å². The Hall–Kier alpha value is -3.63. The van der Waals surface area contributed by atoms with Crippen molar-refractivity contribution in [3.63, 3.8) is 0 Å². The minimum absolute atomic E-state index is 0.109. The van der Waals surface area contributed by atoms with Crippen molar-refractivity contribution in [2.24, 2.45) is 11.0 Å². The molecule has 1 heterocycles. The Morgan fingerprint density at radius 2 is 1.79 bits per heavy atom. The van der Waals surface area contributed by atoms with Crippen LogP contribution in [-0.4, -0.2) is 74.4 Å². The van der Waals surface area contributed by atoms with E-state index in [2.05, 4.69) is 15.8 Å². The smallest absolute Gasteiger partial charge is 0.262 e. The molecule has 204 valence electrons. The van der Waals surface area contributed by atoms with Gasteiger partial charge in [0.15, 0.2) is 18.1 Å². The maximum Gasteiger partial charge on any atom is 0.262 e. The van der Waals surface area contributed by atoms with Crippen LogP contribution >= 0.6 is 11.6 Å². The van der Waals surface area contributed by atoms with Crippen LogP contribution in [0.25, 0.3) is 0 Å². The van der Waals surface area contributed by atoms with Crippen molar-refractivity contribution in [3.05, 3.63) is 58.6 Å². The number of hydrogen-bond acceptors (Lipinski definition) is 7. The Morgan fingerprint density at radius 3 is 2.45 bits per heavy atom. The molecule has 0 aromatic heterocycles. The highest BCUT2D eigenvalue weighted by molar-refractivity contribution is 6.30. The molecule has 3 amide bonds. The molecule has 1 fully saturated rings. The van der Waals surface area contributed by atoms with Gasteiger partial charge < -0.3 is 24.4 Å². The van der Waals surface area contributed by atoms with Crippen molar-refractivity contribution >= 4 is 35.5 Å². The fraction of sp³-hybridized carbons (Fsp3) is 0.407. The maximum absolute atomic E-state index is 12.7. The van der Waals surface area contributed by atoms with Gasteiger partial charge in [-0.1, -0.05) is 25.4 Å². The minimum atomic E-state index is -0.797. The van der Waals surface area contributed by atoms with E-state index in [9.17, 15) is 14.4 Å². The highest BCUT2D eigenvalue weighted by Crippen LogP contribution is 2.28. The number of benzene rings is 2. The van der Waals surface area contributed by atoms with Gasteiger partial charge in [-0.05, 0) is 60.9 Å². The molecule has 2 aromatic carbocycles. The Kier molecular flexibility index (Phi) is 10.9. The predicted octanol–water partition coefficient (Wildman–Crippen LogP) is 2.88. The molecule has 1 atom stereocenters. The highest BCUT2D eigenvalue weighted by Gasteiger charge is 2.24. The fourth-order valence-corrected chi connectivity index (χ4v) is 3.76. The summed E-state index contributed by atoms with van der Waals surface area (Å²) in [7, 11) is 0. The molecule has 3 rings (SSSR count). The summed E-state index contributed by atoms with van der Waals surface area (Å²) in [6.45, 7) is 7.92. The number of ether oxygens (including phenoxy) is 3. The zero-order valence-corrected chi connectivity index (χ0v) is 22.5. The number of hydrazone groups is 1. The topological polar surface area (TPSA) is 119 Å². The molecule has 2 aromatic rings. The van der Waals surface area contributed by atoms with Crippen molar-refractivity contribution in [1.82, 2.24) is 15.6 Å². The Morgan fingerprint density at radius 1 is 1.08 bits per heavy atom. The van der Waals surface area contributed by atoms with Gasteiger partial charge in [-0.3, -0.25) is 14.4 Å². The van der Waals surface area contributed by atoms with Crippen molar-refractivity contribution in [2.45, 2.75) is 26.8 Å². The highest BCUT2D eigenvalue weighted by atomic mass is 35.5. The van der Waals surface area contributed by atoms with E-state index in [0.29, 0.717) is 60.6 Å². The third-order valence-electron chi connectivity index (χ3n) is 5.71. The Bertz CT molecular complexity index is 1130. The summed E-state index contributed by atoms with van der Waals surface area (Å²) in [5, 5.41) is 7.30. The van der Waals surface area contributed by atoms with Gasteiger partial charge in [-0.2, -0.15) is 5.10 Å². The molecule has 2 N–H and O–H groups in total. The van der Waals surface area contributed by atoms with E-state index in [-0.39, 0.29) is 24.3 Å². The minimum Gasteiger partial charge on any atom is -0.490 e. The molecule has 0 aliphatic carbocycles. The number of carbonyl (C=O) groups excluding carboxylic acids is 3. The average Bonchev–Trinajstić information content (AvgIpc) is 2.91. The summed E-state index contributed by atoms with van der Waals surface area (Å²) in [6, 6.07) is 10.7. The molecule has 0 saturated carbocycles. The molecule has 1 unspecified atom stereocenters. The van der Waals surface area contributed by atoms with E-state index < -0.39 is 11.9 Å². The molecule has 11 heteroatoms. The number of amides is 3. The summed E-state index contributed by atoms with van der Waals surface area (Å²) < 4.78 is 16.7. The van der Waals surface area contributed by atoms with Crippen LogP contribution in [0.1, 0.15) is 36.7 Å². The molecule has 0 spiro atoms. The molecular weight excluding hydrogens is 512 g/mol. The molecule has 0 radical (unpaired) electrons. The summed E-state index contributed by atoms with van der Waals surface area (Å²) in [5.41, 5.74) is 3.53. The van der Waals surface area contributed by atoms with Gasteiger partial charge in [0.2, 0.25) is 0 Å². The molecule has 1 saturated heterocycles. The second-order valence-corrected chi connectivity index (χ2v) is 9.29. The lowest BCUT2D eigenvalue weighted by Gasteiger charge is -2.26. The van der Waals surface area contributed by atoms with Crippen LogP contribution in [0.2, 0.25) is 5.02 Å². The van der Waals surface area contributed by atoms with Crippen LogP contribution in [0.4, 0.5) is 0 Å². The van der Waals surface area contributed by atoms with E-state index in [0.717, 1.165) is 0 Å². The van der Waals surface area contributed by atoms with Crippen LogP contribution < -0.4 is 20.2 Å². The predicted molar refractivity (Wildman–Crippen MR) is 144 cm³/mol. The average molecular weight is 545 g/mol. The first-order valence-corrected chi connectivity index (χ1v) is 12.8. The zero-order valence-electron chi connectivity index (χ0n) is 21.7. The standard InChI is InChI=1S/C27H33ClN4O6/c1-4-37-23-15-19(5-10-22(23)38-17-24(33)32-11-13-36-14-12-32)16-29-31-27(35)25(18(2)3)30-26(34)20-6-8-21(28)9-7-20/h5-10,15-16,18,25H,4,11-14,17H2,1-3H3,(H,30,34)(H,31,35). The van der Waals surface area contributed by atoms with Crippen LogP contribution in [-0.2, 0) is 14.3 Å². The van der Waals surface area contributed by atoms with Crippen LogP contribution in [0, 0.1) is 5.92 Å². The SMILES string of the molecule is CCOc1cc(C=NNC(=O)C(NC(=O)c2ccc(Cl)cc2)C(C)C)ccc1OCC(=O)N1CCOCC1. The van der Waals surface area contributed by atoms with Crippen molar-refractivity contribution in [3.8, 4) is 11.5 Å². The monoisotopic (exact) mass is 544 g/mol. The molecule has 1 aliphatic heterocycles. The molecule has 1 aliphatic rings. The number of carbonyl (C=O) groups is 3. The summed E-state index contributed by atoms with van der Waals surface area (Å²) >= 11 is 5.88. The molecule has 38 heavy (non-hydrogen) atoms. The summed E-state index contributed by atoms with van der Waals surface area (Å²) in [6.07, 6.45) is 1.46. The molecular formula is C27H33ClN4O6. The van der Waals surface area contributed by atoms with Crippen molar-refractivity contribution in [2.75, 3.05) is 39.5 Å². The number of nitrogens with one attached hydrogen (secondary N) is 2. The van der Waals surface area contributed by atoms with Gasteiger partial charge in [-0.15, -0.1) is 0 Å². The lowest BCUT2D eigenvalue weighted by molar-refractivity contribution is -0.137. The van der Waals surface area contributed by atoms with E-state index in [4.69, 9.17) is 25.8 Å². The number of rotatable bonds is 11. The van der Waals surface area contributed by atoms with Gasteiger partial charge in [0.05, 0.1) is 26.0 Å². The quantitative estimate of drug-likeness (QED) is 0.332. The largest absolute Gasteiger partial charge is 0.490 e. The zero-order chi connectivity index (χ0) is 27.5. The lowest BCUT2D eigenvalue weighted by Crippen LogP contribution is -2.48. The third-order valence-corrected chi connectivity index (χ3v) is 5.97. The van der Waals surface area contributed by atoms with Crippen molar-refractivity contribution < 1.29 is 28.6 Å². The van der Waals surface area contributed by atoms with Gasteiger partial charge in [0.1, 0.15) is 6.04 Å². The Labute approximate surface area is 227 Å². The lowest BCUT2D eigenvalue weighted by atomic mass is 10.0. The van der Waals surface area contributed by atoms with E-state index in [1.807, 2.05) is 20.8 Å². The maximum atomic E-state index is 12.7. The third kappa shape index (κ3) is 8.46. The van der Waals surface area contributed by atoms with Crippen LogP contribution in [0.3, 0.4) is 0 Å². The number of hydrogen-bond donors (Lipinski definition) is 2. The normalized spacial score (nSPS) is 14.3. The van der Waals surface area contributed by atoms with Crippen LogP contribution in [0.15, 0.2) is 47.6 Å². The second-order valence-electron chi connectivity index (χ2n) is 8.86. The second kappa shape index (κ2) is 14.3. The number of nitrogens with zero attached hydrogens (tertiary/aromatic N) is 2. The van der Waals surface area contributed by atoms with E-state index >= 15 is 0 Å². The Balaban J connectivity index is 1.59. The van der Waals surface area contributed by atoms with E-state index in [1.54, 1.807) is 47.4 Å². The van der Waals surface area contributed by atoms with Gasteiger partial charge in [0.25, 0.3) is 17.7 Å². The fourth-order valence-electron chi connectivity index (χ4n) is 3.64. The van der Waals surface area contributed by atoms with Crippen molar-refractivity contribution in [1.29, 1.82) is 0 Å². The van der Waals surface area contributed by atoms with E-state index in [1.165, 1.54) is 6.21 Å². The first-order valence-electron chi connectivity index (χ1n) is 12.4. The van der Waals surface area contributed by atoms with Gasteiger partial charge >= 0.3 is 0 Å². The number of halogens is 1. The molecule has 0 bridgehead atoms.